The summed E-state index contributed by atoms with van der Waals surface area (Å²) in [6.45, 7) is 1.01. The lowest BCUT2D eigenvalue weighted by Gasteiger charge is -2.27. The van der Waals surface area contributed by atoms with E-state index in [1.807, 2.05) is 0 Å². The summed E-state index contributed by atoms with van der Waals surface area (Å²) in [6.07, 6.45) is 4.59. The van der Waals surface area contributed by atoms with Gasteiger partial charge in [-0.25, -0.2) is 4.98 Å². The number of hydrogen-bond acceptors (Lipinski definition) is 6. The lowest BCUT2D eigenvalue weighted by atomic mass is 9.99. The van der Waals surface area contributed by atoms with Crippen molar-refractivity contribution in [1.29, 1.82) is 5.26 Å². The average molecular weight is 357 g/mol. The van der Waals surface area contributed by atoms with Crippen molar-refractivity contribution in [2.75, 3.05) is 13.1 Å². The van der Waals surface area contributed by atoms with Crippen molar-refractivity contribution in [2.24, 2.45) is 5.92 Å². The maximum atomic E-state index is 12.5. The van der Waals surface area contributed by atoms with Crippen LogP contribution in [0.1, 0.15) is 23.5 Å². The van der Waals surface area contributed by atoms with Gasteiger partial charge in [0.15, 0.2) is 0 Å². The highest BCUT2D eigenvalue weighted by atomic mass is 35.5. The minimum Gasteiger partial charge on any atom is -0.346 e. The number of piperidine rings is 1. The number of nitriles is 1. The first-order chi connectivity index (χ1) is 12.2. The number of fused-ring (bicyclic) bond motifs is 1. The molecule has 1 fully saturated rings. The number of pyridine rings is 1. The summed E-state index contributed by atoms with van der Waals surface area (Å²) in [6, 6.07) is 4.04. The molecule has 126 valence electrons. The molecule has 0 aromatic carbocycles. The average Bonchev–Trinajstić information content (AvgIpc) is 3.31. The van der Waals surface area contributed by atoms with Gasteiger partial charge in [0, 0.05) is 36.8 Å². The highest BCUT2D eigenvalue weighted by Crippen LogP contribution is 2.31. The third-order valence-electron chi connectivity index (χ3n) is 4.34. The summed E-state index contributed by atoms with van der Waals surface area (Å²) >= 11 is 6.38. The molecule has 0 aliphatic carbocycles. The molecule has 0 radical (unpaired) electrons. The van der Waals surface area contributed by atoms with Crippen molar-refractivity contribution in [2.45, 2.75) is 12.8 Å². The van der Waals surface area contributed by atoms with Crippen molar-refractivity contribution in [3.05, 3.63) is 29.4 Å². The van der Waals surface area contributed by atoms with Gasteiger partial charge in [0.2, 0.25) is 5.82 Å². The van der Waals surface area contributed by atoms with Gasteiger partial charge in [-0.3, -0.25) is 4.79 Å². The van der Waals surface area contributed by atoms with Crippen LogP contribution in [0.15, 0.2) is 23.0 Å². The first-order valence-electron chi connectivity index (χ1n) is 7.82. The molecule has 0 atom stereocenters. The van der Waals surface area contributed by atoms with Crippen LogP contribution in [0.4, 0.5) is 0 Å². The summed E-state index contributed by atoms with van der Waals surface area (Å²) in [5, 5.41) is 14.0. The number of likely N-dealkylation sites (tertiary alicyclic amines) is 1. The molecular weight excluding hydrogens is 344 g/mol. The predicted octanol–water partition coefficient (Wildman–Crippen LogP) is 2.64. The molecule has 1 amide bonds. The fraction of sp³-hybridized carbons (Fsp3) is 0.312. The third kappa shape index (κ3) is 2.72. The molecule has 1 saturated heterocycles. The Labute approximate surface area is 147 Å². The van der Waals surface area contributed by atoms with Crippen molar-refractivity contribution in [3.63, 3.8) is 0 Å². The lowest BCUT2D eigenvalue weighted by molar-refractivity contribution is 0.0657. The molecule has 3 aromatic heterocycles. The number of aromatic nitrogens is 4. The molecule has 8 nitrogen and oxygen atoms in total. The Morgan fingerprint density at radius 1 is 1.44 bits per heavy atom. The Bertz CT molecular complexity index is 980. The molecule has 9 heteroatoms. The second-order valence-corrected chi connectivity index (χ2v) is 6.22. The number of nitrogens with zero attached hydrogens (tertiary/aromatic N) is 5. The molecule has 25 heavy (non-hydrogen) atoms. The molecule has 0 bridgehead atoms. The number of carbonyl (C=O) groups is 1. The van der Waals surface area contributed by atoms with Gasteiger partial charge in [-0.2, -0.15) is 10.2 Å². The van der Waals surface area contributed by atoms with E-state index in [1.54, 1.807) is 23.4 Å². The summed E-state index contributed by atoms with van der Waals surface area (Å²) in [4.78, 5) is 25.5. The van der Waals surface area contributed by atoms with Crippen LogP contribution in [0.5, 0.6) is 0 Å². The zero-order chi connectivity index (χ0) is 17.4. The Hall–Kier alpha value is -2.92. The second-order valence-electron chi connectivity index (χ2n) is 5.84. The number of H-pyrrole nitrogens is 1. The number of carbonyl (C=O) groups excluding carboxylic acids is 1. The zero-order valence-electron chi connectivity index (χ0n) is 13.1. The standard InChI is InChI=1S/C16H13ClN6O2/c17-12-10-1-4-19-13(10)20-8-11(12)14-21-15(25-22-14)16(24)23-5-2-9(7-18)3-6-23/h1,4,8-9H,2-3,5-6H2,(H,19,20). The third-order valence-corrected chi connectivity index (χ3v) is 4.74. The summed E-state index contributed by atoms with van der Waals surface area (Å²) in [5.41, 5.74) is 1.16. The number of halogens is 1. The SMILES string of the molecule is N#CC1CCN(C(=O)c2nc(-c3cnc4[nH]ccc4c3Cl)no2)CC1. The number of amides is 1. The lowest BCUT2D eigenvalue weighted by Crippen LogP contribution is -2.38. The molecule has 0 unspecified atom stereocenters. The topological polar surface area (TPSA) is 112 Å². The Kier molecular flexibility index (Phi) is 3.86. The van der Waals surface area contributed by atoms with Crippen molar-refractivity contribution in [3.8, 4) is 17.5 Å². The van der Waals surface area contributed by atoms with E-state index in [0.29, 0.717) is 42.2 Å². The van der Waals surface area contributed by atoms with E-state index in [9.17, 15) is 4.79 Å². The molecule has 4 heterocycles. The highest BCUT2D eigenvalue weighted by molar-refractivity contribution is 6.37. The molecule has 1 N–H and O–H groups in total. The van der Waals surface area contributed by atoms with Crippen LogP contribution >= 0.6 is 11.6 Å². The van der Waals surface area contributed by atoms with E-state index >= 15 is 0 Å². The Morgan fingerprint density at radius 3 is 3.00 bits per heavy atom. The van der Waals surface area contributed by atoms with Crippen LogP contribution in [0.3, 0.4) is 0 Å². The van der Waals surface area contributed by atoms with Crippen LogP contribution in [0.2, 0.25) is 5.02 Å². The normalized spacial score (nSPS) is 15.4. The van der Waals surface area contributed by atoms with Gasteiger partial charge in [0.05, 0.1) is 16.7 Å². The van der Waals surface area contributed by atoms with Gasteiger partial charge in [0.1, 0.15) is 5.65 Å². The van der Waals surface area contributed by atoms with Gasteiger partial charge >= 0.3 is 11.8 Å². The van der Waals surface area contributed by atoms with Crippen LogP contribution in [0.25, 0.3) is 22.4 Å². The molecule has 0 spiro atoms. The second kappa shape index (κ2) is 6.18. The van der Waals surface area contributed by atoms with Gasteiger partial charge in [0.25, 0.3) is 0 Å². The molecule has 3 aromatic rings. The number of rotatable bonds is 2. The molecule has 4 rings (SSSR count). The number of aromatic amines is 1. The minimum atomic E-state index is -0.332. The summed E-state index contributed by atoms with van der Waals surface area (Å²) in [7, 11) is 0. The number of nitrogens with one attached hydrogen (secondary N) is 1. The van der Waals surface area contributed by atoms with E-state index in [4.69, 9.17) is 21.4 Å². The van der Waals surface area contributed by atoms with Gasteiger partial charge in [-0.05, 0) is 18.9 Å². The van der Waals surface area contributed by atoms with Crippen molar-refractivity contribution in [1.82, 2.24) is 25.0 Å². The molecule has 1 aliphatic heterocycles. The van der Waals surface area contributed by atoms with E-state index in [1.165, 1.54) is 0 Å². The molecule has 0 saturated carbocycles. The van der Waals surface area contributed by atoms with Crippen molar-refractivity contribution >= 4 is 28.5 Å². The maximum absolute atomic E-state index is 12.5. The Morgan fingerprint density at radius 2 is 2.24 bits per heavy atom. The van der Waals surface area contributed by atoms with Gasteiger partial charge in [-0.1, -0.05) is 16.8 Å². The largest absolute Gasteiger partial charge is 0.346 e. The van der Waals surface area contributed by atoms with Crippen molar-refractivity contribution < 1.29 is 9.32 Å². The first kappa shape index (κ1) is 15.6. The van der Waals surface area contributed by atoms with Crippen LogP contribution in [-0.2, 0) is 0 Å². The summed E-state index contributed by atoms with van der Waals surface area (Å²) < 4.78 is 5.12. The quantitative estimate of drug-likeness (QED) is 0.755. The zero-order valence-corrected chi connectivity index (χ0v) is 13.8. The number of hydrogen-bond donors (Lipinski definition) is 1. The minimum absolute atomic E-state index is 0.000236. The smallest absolute Gasteiger partial charge is 0.316 e. The summed E-state index contributed by atoms with van der Waals surface area (Å²) in [5.74, 6) is -0.200. The van der Waals surface area contributed by atoms with E-state index in [2.05, 4.69) is 26.2 Å². The van der Waals surface area contributed by atoms with Crippen LogP contribution < -0.4 is 0 Å². The van der Waals surface area contributed by atoms with Crippen LogP contribution in [-0.4, -0.2) is 44.0 Å². The fourth-order valence-corrected chi connectivity index (χ4v) is 3.18. The maximum Gasteiger partial charge on any atom is 0.316 e. The monoisotopic (exact) mass is 356 g/mol. The van der Waals surface area contributed by atoms with E-state index < -0.39 is 0 Å². The first-order valence-corrected chi connectivity index (χ1v) is 8.19. The molecule has 1 aliphatic rings. The van der Waals surface area contributed by atoms with E-state index in [0.717, 1.165) is 5.39 Å². The Balaban J connectivity index is 1.58. The van der Waals surface area contributed by atoms with Gasteiger partial charge < -0.3 is 14.4 Å². The van der Waals surface area contributed by atoms with Gasteiger partial charge in [-0.15, -0.1) is 0 Å². The van der Waals surface area contributed by atoms with Crippen LogP contribution in [0, 0.1) is 17.2 Å². The predicted molar refractivity (Wildman–Crippen MR) is 88.6 cm³/mol. The fourth-order valence-electron chi connectivity index (χ4n) is 2.90. The molecular formula is C16H13ClN6O2. The van der Waals surface area contributed by atoms with E-state index in [-0.39, 0.29) is 23.5 Å². The highest BCUT2D eigenvalue weighted by Gasteiger charge is 2.27.